The van der Waals surface area contributed by atoms with Gasteiger partial charge in [0.05, 0.1) is 0 Å². The highest BCUT2D eigenvalue weighted by atomic mass is 32.2. The summed E-state index contributed by atoms with van der Waals surface area (Å²) in [6.45, 7) is 4.55. The lowest BCUT2D eigenvalue weighted by Crippen LogP contribution is -2.63. The summed E-state index contributed by atoms with van der Waals surface area (Å²) in [7, 11) is -3.47. The molecule has 122 valence electrons. The molecule has 1 aromatic heterocycles. The second-order valence-electron chi connectivity index (χ2n) is 6.94. The molecular weight excluding hydrogens is 312 g/mol. The minimum Gasteiger partial charge on any atom is -0.360 e. The van der Waals surface area contributed by atoms with E-state index in [1.54, 1.807) is 18.2 Å². The Labute approximate surface area is 136 Å². The van der Waals surface area contributed by atoms with Crippen molar-refractivity contribution in [1.29, 1.82) is 0 Å². The minimum absolute atomic E-state index is 0.173. The quantitative estimate of drug-likeness (QED) is 0.867. The average molecular weight is 332 g/mol. The molecule has 1 aliphatic carbocycles. The summed E-state index contributed by atoms with van der Waals surface area (Å²) < 4.78 is 32.0. The minimum atomic E-state index is -3.47. The van der Waals surface area contributed by atoms with E-state index in [0.29, 0.717) is 30.5 Å². The first-order chi connectivity index (χ1) is 10.9. The first kappa shape index (κ1) is 14.9. The Hall–Kier alpha value is -1.66. The third kappa shape index (κ3) is 2.23. The van der Waals surface area contributed by atoms with Crippen molar-refractivity contribution in [2.45, 2.75) is 37.5 Å². The molecule has 4 rings (SSSR count). The zero-order valence-electron chi connectivity index (χ0n) is 13.3. The van der Waals surface area contributed by atoms with Gasteiger partial charge in [0.1, 0.15) is 10.6 Å². The SMILES string of the molecule is Cc1noc(C)c1S(=O)(=O)N1CC2(CC(c3ccccc3)C2)C1. The summed E-state index contributed by atoms with van der Waals surface area (Å²) in [6.07, 6.45) is 2.15. The molecule has 0 atom stereocenters. The number of rotatable bonds is 3. The maximum absolute atomic E-state index is 12.7. The Balaban J connectivity index is 1.45. The molecule has 6 heteroatoms. The third-order valence-corrected chi connectivity index (χ3v) is 7.26. The predicted octanol–water partition coefficient (Wildman–Crippen LogP) is 2.86. The van der Waals surface area contributed by atoms with Crippen LogP contribution in [0.2, 0.25) is 0 Å². The lowest BCUT2D eigenvalue weighted by molar-refractivity contribution is -0.0256. The first-order valence-electron chi connectivity index (χ1n) is 7.89. The Morgan fingerprint density at radius 2 is 1.83 bits per heavy atom. The van der Waals surface area contributed by atoms with Crippen LogP contribution in [0.4, 0.5) is 0 Å². The van der Waals surface area contributed by atoms with E-state index in [-0.39, 0.29) is 10.3 Å². The first-order valence-corrected chi connectivity index (χ1v) is 9.33. The van der Waals surface area contributed by atoms with Crippen LogP contribution in [-0.2, 0) is 10.0 Å². The summed E-state index contributed by atoms with van der Waals surface area (Å²) in [5.41, 5.74) is 1.98. The fourth-order valence-corrected chi connectivity index (χ4v) is 6.01. The molecule has 0 bridgehead atoms. The number of nitrogens with zero attached hydrogens (tertiary/aromatic N) is 2. The van der Waals surface area contributed by atoms with Crippen molar-refractivity contribution in [3.05, 3.63) is 47.3 Å². The van der Waals surface area contributed by atoms with Gasteiger partial charge in [0.25, 0.3) is 0 Å². The molecule has 1 saturated carbocycles. The van der Waals surface area contributed by atoms with E-state index >= 15 is 0 Å². The second-order valence-corrected chi connectivity index (χ2v) is 8.82. The highest BCUT2D eigenvalue weighted by molar-refractivity contribution is 7.89. The fraction of sp³-hybridized carbons (Fsp3) is 0.471. The van der Waals surface area contributed by atoms with Gasteiger partial charge in [-0.05, 0) is 43.6 Å². The molecule has 2 aromatic rings. The largest absolute Gasteiger partial charge is 0.360 e. The van der Waals surface area contributed by atoms with Crippen molar-refractivity contribution < 1.29 is 12.9 Å². The number of hydrogen-bond acceptors (Lipinski definition) is 4. The summed E-state index contributed by atoms with van der Waals surface area (Å²) in [5, 5.41) is 3.76. The Kier molecular flexibility index (Phi) is 3.19. The smallest absolute Gasteiger partial charge is 0.248 e. The highest BCUT2D eigenvalue weighted by Crippen LogP contribution is 2.57. The summed E-state index contributed by atoms with van der Waals surface area (Å²) in [4.78, 5) is 0.242. The van der Waals surface area contributed by atoms with Gasteiger partial charge in [-0.1, -0.05) is 35.5 Å². The van der Waals surface area contributed by atoms with Crippen LogP contribution < -0.4 is 0 Å². The van der Waals surface area contributed by atoms with E-state index < -0.39 is 10.0 Å². The Morgan fingerprint density at radius 3 is 2.39 bits per heavy atom. The Bertz CT molecular complexity index is 808. The van der Waals surface area contributed by atoms with Crippen molar-refractivity contribution in [3.8, 4) is 0 Å². The second kappa shape index (κ2) is 4.92. The van der Waals surface area contributed by atoms with Crippen molar-refractivity contribution in [2.75, 3.05) is 13.1 Å². The monoisotopic (exact) mass is 332 g/mol. The molecule has 1 aromatic carbocycles. The number of aromatic nitrogens is 1. The molecular formula is C17H20N2O3S. The van der Waals surface area contributed by atoms with Crippen molar-refractivity contribution in [1.82, 2.24) is 9.46 Å². The van der Waals surface area contributed by atoms with Gasteiger partial charge in [-0.2, -0.15) is 4.31 Å². The molecule has 23 heavy (non-hydrogen) atoms. The fourth-order valence-electron chi connectivity index (χ4n) is 4.05. The van der Waals surface area contributed by atoms with Crippen LogP contribution in [-0.4, -0.2) is 31.0 Å². The summed E-state index contributed by atoms with van der Waals surface area (Å²) in [6, 6.07) is 10.5. The van der Waals surface area contributed by atoms with Crippen LogP contribution in [0.25, 0.3) is 0 Å². The number of aryl methyl sites for hydroxylation is 2. The van der Waals surface area contributed by atoms with E-state index in [0.717, 1.165) is 12.8 Å². The van der Waals surface area contributed by atoms with Crippen LogP contribution in [0.1, 0.15) is 35.8 Å². The van der Waals surface area contributed by atoms with Crippen LogP contribution >= 0.6 is 0 Å². The molecule has 0 unspecified atom stereocenters. The van der Waals surface area contributed by atoms with E-state index in [4.69, 9.17) is 4.52 Å². The summed E-state index contributed by atoms with van der Waals surface area (Å²) >= 11 is 0. The predicted molar refractivity (Wildman–Crippen MR) is 85.6 cm³/mol. The van der Waals surface area contributed by atoms with Crippen LogP contribution in [0.15, 0.2) is 39.8 Å². The highest BCUT2D eigenvalue weighted by Gasteiger charge is 2.56. The van der Waals surface area contributed by atoms with Crippen LogP contribution in [0.5, 0.6) is 0 Å². The zero-order valence-corrected chi connectivity index (χ0v) is 14.1. The van der Waals surface area contributed by atoms with Crippen molar-refractivity contribution >= 4 is 10.0 Å². The van der Waals surface area contributed by atoms with Crippen LogP contribution in [0, 0.1) is 19.3 Å². The lowest BCUT2D eigenvalue weighted by Gasteiger charge is -2.58. The molecule has 5 nitrogen and oxygen atoms in total. The van der Waals surface area contributed by atoms with E-state index in [9.17, 15) is 8.42 Å². The van der Waals surface area contributed by atoms with Crippen molar-refractivity contribution in [2.24, 2.45) is 5.41 Å². The summed E-state index contributed by atoms with van der Waals surface area (Å²) in [5.74, 6) is 0.944. The molecule has 2 aliphatic rings. The molecule has 0 radical (unpaired) electrons. The average Bonchev–Trinajstić information content (AvgIpc) is 2.76. The topological polar surface area (TPSA) is 63.4 Å². The molecule has 2 heterocycles. The third-order valence-electron chi connectivity index (χ3n) is 5.22. The van der Waals surface area contributed by atoms with Gasteiger partial charge < -0.3 is 4.52 Å². The van der Waals surface area contributed by atoms with Gasteiger partial charge in [0, 0.05) is 13.1 Å². The molecule has 0 N–H and O–H groups in total. The van der Waals surface area contributed by atoms with Gasteiger partial charge in [-0.3, -0.25) is 0 Å². The van der Waals surface area contributed by atoms with E-state index in [1.165, 1.54) is 5.56 Å². The Morgan fingerprint density at radius 1 is 1.17 bits per heavy atom. The maximum Gasteiger partial charge on any atom is 0.248 e. The molecule has 0 amide bonds. The molecule has 1 spiro atoms. The molecule has 1 aliphatic heterocycles. The maximum atomic E-state index is 12.7. The number of benzene rings is 1. The number of sulfonamides is 1. The van der Waals surface area contributed by atoms with Crippen LogP contribution in [0.3, 0.4) is 0 Å². The molecule has 1 saturated heterocycles. The van der Waals surface area contributed by atoms with Gasteiger partial charge in [-0.25, -0.2) is 8.42 Å². The van der Waals surface area contributed by atoms with Crippen molar-refractivity contribution in [3.63, 3.8) is 0 Å². The van der Waals surface area contributed by atoms with Gasteiger partial charge >= 0.3 is 0 Å². The van der Waals surface area contributed by atoms with E-state index in [1.807, 2.05) is 6.07 Å². The van der Waals surface area contributed by atoms with Gasteiger partial charge in [0.2, 0.25) is 10.0 Å². The number of hydrogen-bond donors (Lipinski definition) is 0. The van der Waals surface area contributed by atoms with Gasteiger partial charge in [-0.15, -0.1) is 0 Å². The normalized spacial score (nSPS) is 21.1. The van der Waals surface area contributed by atoms with E-state index in [2.05, 4.69) is 29.4 Å². The molecule has 2 fully saturated rings. The standard InChI is InChI=1S/C17H20N2O3S/c1-12-16(13(2)22-18-12)23(20,21)19-10-17(11-19)8-15(9-17)14-6-4-3-5-7-14/h3-7,15H,8-11H2,1-2H3. The zero-order chi connectivity index (χ0) is 16.2. The van der Waals surface area contributed by atoms with Gasteiger partial charge in [0.15, 0.2) is 5.76 Å². The lowest BCUT2D eigenvalue weighted by atomic mass is 9.57.